The van der Waals surface area contributed by atoms with Crippen molar-refractivity contribution in [2.24, 2.45) is 11.8 Å². The predicted molar refractivity (Wildman–Crippen MR) is 203 cm³/mol. The van der Waals surface area contributed by atoms with Crippen LogP contribution in [0.5, 0.6) is 0 Å². The molecule has 0 amide bonds. The maximum absolute atomic E-state index is 12.6. The summed E-state index contributed by atoms with van der Waals surface area (Å²) in [6.45, 7) is 3.89. The number of ketones is 1. The zero-order valence-corrected chi connectivity index (χ0v) is 32.5. The Balaban J connectivity index is 2.04. The van der Waals surface area contributed by atoms with Gasteiger partial charge in [-0.25, -0.2) is 0 Å². The lowest BCUT2D eigenvalue weighted by Gasteiger charge is -2.20. The largest absolute Gasteiger partial charge is 0.463 e. The summed E-state index contributed by atoms with van der Waals surface area (Å²) in [5.41, 5.74) is 0. The van der Waals surface area contributed by atoms with Gasteiger partial charge in [-0.05, 0) is 25.7 Å². The SMILES string of the molecule is CCCCCCCCCCCCCCCCCCC(=O)OC[C@H](O)COC(=O)CCCCC(=O)C[C@@H]1[C@@H](/C=C/[C@@H](O)CCCCC)[C@H](O)C[C@@H]1O. The van der Waals surface area contributed by atoms with Gasteiger partial charge >= 0.3 is 11.9 Å². The van der Waals surface area contributed by atoms with Gasteiger partial charge in [0.25, 0.3) is 0 Å². The lowest BCUT2D eigenvalue weighted by Crippen LogP contribution is -2.25. The second-order valence-corrected chi connectivity index (χ2v) is 15.1. The molecule has 0 heterocycles. The third kappa shape index (κ3) is 25.7. The van der Waals surface area contributed by atoms with Gasteiger partial charge in [0.1, 0.15) is 25.1 Å². The molecule has 0 bridgehead atoms. The highest BCUT2D eigenvalue weighted by Gasteiger charge is 2.41. The lowest BCUT2D eigenvalue weighted by molar-refractivity contribution is -0.152. The maximum atomic E-state index is 12.6. The Labute approximate surface area is 310 Å². The fourth-order valence-electron chi connectivity index (χ4n) is 6.97. The minimum atomic E-state index is -1.09. The zero-order chi connectivity index (χ0) is 37.5. The van der Waals surface area contributed by atoms with Gasteiger partial charge in [-0.3, -0.25) is 14.4 Å². The van der Waals surface area contributed by atoms with Crippen LogP contribution in [0.3, 0.4) is 0 Å². The molecule has 1 rings (SSSR count). The molecule has 9 nitrogen and oxygen atoms in total. The Morgan fingerprint density at radius 2 is 1.04 bits per heavy atom. The number of carbonyl (C=O) groups is 3. The Bertz CT molecular complexity index is 907. The van der Waals surface area contributed by atoms with E-state index in [1.54, 1.807) is 12.2 Å². The van der Waals surface area contributed by atoms with Crippen LogP contribution in [0.2, 0.25) is 0 Å². The summed E-state index contributed by atoms with van der Waals surface area (Å²) in [6, 6.07) is 0. The van der Waals surface area contributed by atoms with Crippen molar-refractivity contribution in [3.05, 3.63) is 12.2 Å². The third-order valence-electron chi connectivity index (χ3n) is 10.2. The van der Waals surface area contributed by atoms with E-state index < -0.39 is 36.3 Å². The van der Waals surface area contributed by atoms with Gasteiger partial charge in [-0.15, -0.1) is 0 Å². The van der Waals surface area contributed by atoms with Crippen molar-refractivity contribution in [3.63, 3.8) is 0 Å². The highest BCUT2D eigenvalue weighted by molar-refractivity contribution is 5.79. The van der Waals surface area contributed by atoms with Crippen molar-refractivity contribution >= 4 is 17.7 Å². The van der Waals surface area contributed by atoms with E-state index in [1.807, 2.05) is 0 Å². The van der Waals surface area contributed by atoms with Crippen LogP contribution >= 0.6 is 0 Å². The minimum Gasteiger partial charge on any atom is -0.463 e. The number of carbonyl (C=O) groups excluding carboxylic acids is 3. The average Bonchev–Trinajstić information content (AvgIpc) is 3.37. The normalized spacial score (nSPS) is 20.1. The number of Topliss-reactive ketones (excluding diaryl/α,β-unsaturated/α-hetero) is 1. The predicted octanol–water partition coefficient (Wildman–Crippen LogP) is 8.46. The maximum Gasteiger partial charge on any atom is 0.305 e. The molecule has 6 atom stereocenters. The molecule has 0 aromatic heterocycles. The second-order valence-electron chi connectivity index (χ2n) is 15.1. The van der Waals surface area contributed by atoms with Crippen LogP contribution in [-0.4, -0.2) is 75.8 Å². The molecule has 0 radical (unpaired) electrons. The summed E-state index contributed by atoms with van der Waals surface area (Å²) < 4.78 is 10.2. The first kappa shape index (κ1) is 47.2. The monoisotopic (exact) mass is 725 g/mol. The number of esters is 2. The summed E-state index contributed by atoms with van der Waals surface area (Å²) in [6.07, 6.45) is 26.1. The molecule has 1 aliphatic carbocycles. The molecule has 0 spiro atoms. The molecule has 1 fully saturated rings. The number of aliphatic hydroxyl groups is 4. The second kappa shape index (κ2) is 31.7. The van der Waals surface area contributed by atoms with E-state index in [2.05, 4.69) is 13.8 Å². The van der Waals surface area contributed by atoms with Crippen LogP contribution in [-0.2, 0) is 23.9 Å². The van der Waals surface area contributed by atoms with Crippen LogP contribution in [0.4, 0.5) is 0 Å². The average molecular weight is 725 g/mol. The number of aliphatic hydroxyl groups excluding tert-OH is 4. The van der Waals surface area contributed by atoms with Crippen LogP contribution in [0, 0.1) is 11.8 Å². The minimum absolute atomic E-state index is 0.0414. The third-order valence-corrected chi connectivity index (χ3v) is 10.2. The van der Waals surface area contributed by atoms with Crippen LogP contribution < -0.4 is 0 Å². The number of rotatable bonds is 34. The lowest BCUT2D eigenvalue weighted by atomic mass is 9.87. The molecule has 0 unspecified atom stereocenters. The Morgan fingerprint density at radius 1 is 0.608 bits per heavy atom. The van der Waals surface area contributed by atoms with Crippen molar-refractivity contribution in [3.8, 4) is 0 Å². The van der Waals surface area contributed by atoms with E-state index in [0.717, 1.165) is 38.5 Å². The van der Waals surface area contributed by atoms with Gasteiger partial charge in [0.15, 0.2) is 0 Å². The van der Waals surface area contributed by atoms with E-state index in [1.165, 1.54) is 83.5 Å². The molecule has 0 saturated heterocycles. The molecule has 4 N–H and O–H groups in total. The molecule has 1 saturated carbocycles. The van der Waals surface area contributed by atoms with Gasteiger partial charge in [0.05, 0.1) is 18.3 Å². The van der Waals surface area contributed by atoms with E-state index in [9.17, 15) is 34.8 Å². The Kier molecular flexibility index (Phi) is 29.3. The molecule has 9 heteroatoms. The number of unbranched alkanes of at least 4 members (excludes halogenated alkanes) is 18. The van der Waals surface area contributed by atoms with Gasteiger partial charge in [-0.1, -0.05) is 142 Å². The molecule has 1 aliphatic rings. The van der Waals surface area contributed by atoms with Crippen LogP contribution in [0.15, 0.2) is 12.2 Å². The van der Waals surface area contributed by atoms with Crippen LogP contribution in [0.1, 0.15) is 187 Å². The quantitative estimate of drug-likeness (QED) is 0.0291. The first-order valence-corrected chi connectivity index (χ1v) is 20.9. The van der Waals surface area contributed by atoms with E-state index in [-0.39, 0.29) is 56.6 Å². The van der Waals surface area contributed by atoms with Crippen molar-refractivity contribution in [2.45, 2.75) is 212 Å². The first-order valence-electron chi connectivity index (χ1n) is 20.9. The molecule has 0 aliphatic heterocycles. The summed E-state index contributed by atoms with van der Waals surface area (Å²) in [5, 5.41) is 41.1. The fraction of sp³-hybridized carbons (Fsp3) is 0.881. The summed E-state index contributed by atoms with van der Waals surface area (Å²) in [4.78, 5) is 36.8. The summed E-state index contributed by atoms with van der Waals surface area (Å²) >= 11 is 0. The number of ether oxygens (including phenoxy) is 2. The molecule has 51 heavy (non-hydrogen) atoms. The fourth-order valence-corrected chi connectivity index (χ4v) is 6.97. The van der Waals surface area contributed by atoms with Crippen molar-refractivity contribution < 1.29 is 44.3 Å². The zero-order valence-electron chi connectivity index (χ0n) is 32.5. The number of hydrogen-bond donors (Lipinski definition) is 4. The summed E-state index contributed by atoms with van der Waals surface area (Å²) in [5.74, 6) is -1.67. The molecule has 0 aromatic rings. The molecule has 298 valence electrons. The summed E-state index contributed by atoms with van der Waals surface area (Å²) in [7, 11) is 0. The molecular formula is C42H76O9. The smallest absolute Gasteiger partial charge is 0.305 e. The van der Waals surface area contributed by atoms with Crippen LogP contribution in [0.25, 0.3) is 0 Å². The Hall–Kier alpha value is -1.81. The van der Waals surface area contributed by atoms with Crippen molar-refractivity contribution in [1.29, 1.82) is 0 Å². The molecular weight excluding hydrogens is 648 g/mol. The highest BCUT2D eigenvalue weighted by atomic mass is 16.6. The standard InChI is InChI=1S/C42H76O9/c1-3-5-7-8-9-10-11-12-13-14-15-16-17-18-19-21-26-41(48)50-32-36(45)33-51-42(49)27-23-22-25-35(44)30-38-37(39(46)31-40(38)47)29-28-34(43)24-20-6-4-2/h28-29,34,36-40,43,45-47H,3-27,30-33H2,1-2H3/b29-28+/t34-,36-,37+,38+,39+,40-/m0/s1. The van der Waals surface area contributed by atoms with E-state index in [4.69, 9.17) is 9.47 Å². The van der Waals surface area contributed by atoms with E-state index >= 15 is 0 Å². The number of hydrogen-bond acceptors (Lipinski definition) is 9. The van der Waals surface area contributed by atoms with E-state index in [0.29, 0.717) is 25.7 Å². The Morgan fingerprint density at radius 3 is 1.55 bits per heavy atom. The molecule has 0 aromatic carbocycles. The highest BCUT2D eigenvalue weighted by Crippen LogP contribution is 2.36. The van der Waals surface area contributed by atoms with Crippen molar-refractivity contribution in [2.75, 3.05) is 13.2 Å². The van der Waals surface area contributed by atoms with Gasteiger partial charge < -0.3 is 29.9 Å². The van der Waals surface area contributed by atoms with Gasteiger partial charge in [0.2, 0.25) is 0 Å². The van der Waals surface area contributed by atoms with Gasteiger partial charge in [0, 0.05) is 43.9 Å². The van der Waals surface area contributed by atoms with Gasteiger partial charge in [-0.2, -0.15) is 0 Å². The topological polar surface area (TPSA) is 151 Å². The van der Waals surface area contributed by atoms with Crippen molar-refractivity contribution in [1.82, 2.24) is 0 Å². The first-order chi connectivity index (χ1) is 24.7.